The lowest BCUT2D eigenvalue weighted by atomic mass is 9.76. The van der Waals surface area contributed by atoms with E-state index < -0.39 is 0 Å². The van der Waals surface area contributed by atoms with Gasteiger partial charge in [0.15, 0.2) is 17.5 Å². The molecule has 0 N–H and O–H groups in total. The lowest BCUT2D eigenvalue weighted by molar-refractivity contribution is 0.662. The number of aromatic nitrogens is 3. The lowest BCUT2D eigenvalue weighted by Gasteiger charge is -2.27. The molecule has 0 radical (unpaired) electrons. The van der Waals surface area contributed by atoms with E-state index in [0.717, 1.165) is 51.1 Å². The van der Waals surface area contributed by atoms with Gasteiger partial charge < -0.3 is 0 Å². The van der Waals surface area contributed by atoms with E-state index in [2.05, 4.69) is 166 Å². The van der Waals surface area contributed by atoms with Crippen LogP contribution < -0.4 is 0 Å². The molecule has 2 aliphatic carbocycles. The Morgan fingerprint density at radius 3 is 1.59 bits per heavy atom. The summed E-state index contributed by atoms with van der Waals surface area (Å²) in [5.41, 5.74) is 13.6. The minimum absolute atomic E-state index is 0.104. The van der Waals surface area contributed by atoms with Crippen molar-refractivity contribution in [3.63, 3.8) is 0 Å². The van der Waals surface area contributed by atoms with Gasteiger partial charge in [0.2, 0.25) is 0 Å². The first-order valence-electron chi connectivity index (χ1n) is 17.9. The zero-order chi connectivity index (χ0) is 34.1. The van der Waals surface area contributed by atoms with Gasteiger partial charge in [-0.1, -0.05) is 166 Å². The largest absolute Gasteiger partial charge is 0.208 e. The molecule has 7 aromatic carbocycles. The van der Waals surface area contributed by atoms with Crippen molar-refractivity contribution in [3.8, 4) is 45.0 Å². The Hall–Kier alpha value is -6.19. The molecule has 0 atom stereocenters. The van der Waals surface area contributed by atoms with Crippen LogP contribution in [0.2, 0.25) is 0 Å². The number of benzene rings is 7. The fourth-order valence-corrected chi connectivity index (χ4v) is 8.69. The summed E-state index contributed by atoms with van der Waals surface area (Å²) in [5, 5.41) is 4.58. The molecule has 0 aliphatic heterocycles. The molecule has 3 heteroatoms. The Bertz CT molecular complexity index is 2630. The summed E-state index contributed by atoms with van der Waals surface area (Å²) in [7, 11) is 0. The lowest BCUT2D eigenvalue weighted by Crippen LogP contribution is -2.16. The Kier molecular flexibility index (Phi) is 6.66. The standard InChI is InChI=1S/C48H35N3/c1-48(2)43-29-8-7-20-37(43)39-25-13-24-38(44(39)48)35-22-11-23-36-34(35)21-12-28-42(36)47-50-45(40-26-9-16-30-14-3-5-18-32(30)40)49-46(51-47)41-27-10-17-31-15-4-6-19-33(31)41/h3-11,13-20,22-29H,12,21H2,1-2H3. The van der Waals surface area contributed by atoms with Gasteiger partial charge in [0, 0.05) is 22.1 Å². The Labute approximate surface area is 298 Å². The highest BCUT2D eigenvalue weighted by atomic mass is 15.0. The highest BCUT2D eigenvalue weighted by Gasteiger charge is 2.37. The van der Waals surface area contributed by atoms with E-state index in [9.17, 15) is 0 Å². The minimum Gasteiger partial charge on any atom is -0.208 e. The Morgan fingerprint density at radius 1 is 0.431 bits per heavy atom. The molecule has 0 fully saturated rings. The van der Waals surface area contributed by atoms with Gasteiger partial charge >= 0.3 is 0 Å². The summed E-state index contributed by atoms with van der Waals surface area (Å²) in [5.74, 6) is 2.08. The maximum atomic E-state index is 5.30. The van der Waals surface area contributed by atoms with Crippen LogP contribution in [0.5, 0.6) is 0 Å². The van der Waals surface area contributed by atoms with Crippen molar-refractivity contribution in [3.05, 3.63) is 180 Å². The van der Waals surface area contributed by atoms with Gasteiger partial charge in [-0.3, -0.25) is 0 Å². The average molecular weight is 654 g/mol. The molecule has 3 nitrogen and oxygen atoms in total. The third-order valence-corrected chi connectivity index (χ3v) is 11.0. The molecule has 8 aromatic rings. The van der Waals surface area contributed by atoms with Crippen LogP contribution in [0.15, 0.2) is 152 Å². The van der Waals surface area contributed by atoms with E-state index >= 15 is 0 Å². The molecule has 242 valence electrons. The molecule has 0 amide bonds. The molecule has 0 bridgehead atoms. The van der Waals surface area contributed by atoms with Crippen LogP contribution in [-0.4, -0.2) is 15.0 Å². The van der Waals surface area contributed by atoms with Crippen molar-refractivity contribution in [2.75, 3.05) is 0 Å². The van der Waals surface area contributed by atoms with Crippen LogP contribution in [0.25, 0.3) is 72.1 Å². The molecule has 2 aliphatic rings. The summed E-state index contributed by atoms with van der Waals surface area (Å²) in [4.78, 5) is 15.8. The van der Waals surface area contributed by atoms with Crippen LogP contribution in [0.3, 0.4) is 0 Å². The second-order valence-electron chi connectivity index (χ2n) is 14.2. The van der Waals surface area contributed by atoms with Gasteiger partial charge in [-0.25, -0.2) is 15.0 Å². The highest BCUT2D eigenvalue weighted by Crippen LogP contribution is 2.53. The van der Waals surface area contributed by atoms with Crippen molar-refractivity contribution in [1.82, 2.24) is 15.0 Å². The van der Waals surface area contributed by atoms with Gasteiger partial charge in [0.05, 0.1) is 0 Å². The van der Waals surface area contributed by atoms with E-state index in [4.69, 9.17) is 15.0 Å². The first-order chi connectivity index (χ1) is 25.1. The molecule has 10 rings (SSSR count). The summed E-state index contributed by atoms with van der Waals surface area (Å²) >= 11 is 0. The topological polar surface area (TPSA) is 38.7 Å². The molecule has 0 saturated heterocycles. The second-order valence-corrected chi connectivity index (χ2v) is 14.2. The molecule has 0 saturated carbocycles. The summed E-state index contributed by atoms with van der Waals surface area (Å²) in [6.45, 7) is 4.74. The number of fused-ring (bicyclic) bond motifs is 6. The van der Waals surface area contributed by atoms with Crippen molar-refractivity contribution >= 4 is 27.1 Å². The van der Waals surface area contributed by atoms with Crippen molar-refractivity contribution in [2.45, 2.75) is 32.1 Å². The van der Waals surface area contributed by atoms with Crippen LogP contribution in [-0.2, 0) is 11.8 Å². The number of hydrogen-bond acceptors (Lipinski definition) is 3. The fourth-order valence-electron chi connectivity index (χ4n) is 8.69. The summed E-state index contributed by atoms with van der Waals surface area (Å²) in [6, 6.07) is 52.2. The van der Waals surface area contributed by atoms with Crippen LogP contribution in [0, 0.1) is 0 Å². The quantitative estimate of drug-likeness (QED) is 0.190. The normalized spacial score (nSPS) is 14.2. The van der Waals surface area contributed by atoms with E-state index in [0.29, 0.717) is 17.5 Å². The Balaban J connectivity index is 1.18. The van der Waals surface area contributed by atoms with Gasteiger partial charge in [-0.15, -0.1) is 0 Å². The van der Waals surface area contributed by atoms with Gasteiger partial charge in [-0.2, -0.15) is 0 Å². The third-order valence-electron chi connectivity index (χ3n) is 11.0. The first kappa shape index (κ1) is 29.7. The number of nitrogens with zero attached hydrogens (tertiary/aromatic N) is 3. The number of rotatable bonds is 4. The third kappa shape index (κ3) is 4.62. The van der Waals surface area contributed by atoms with E-state index in [1.807, 2.05) is 0 Å². The maximum Gasteiger partial charge on any atom is 0.164 e. The smallest absolute Gasteiger partial charge is 0.164 e. The summed E-state index contributed by atoms with van der Waals surface area (Å²) < 4.78 is 0. The second kappa shape index (κ2) is 11.4. The maximum absolute atomic E-state index is 5.30. The minimum atomic E-state index is -0.104. The van der Waals surface area contributed by atoms with Crippen LogP contribution in [0.1, 0.15) is 48.3 Å². The summed E-state index contributed by atoms with van der Waals surface area (Å²) in [6.07, 6.45) is 4.21. The molecule has 51 heavy (non-hydrogen) atoms. The number of allylic oxidation sites excluding steroid dienone is 1. The molecular weight excluding hydrogens is 619 g/mol. The van der Waals surface area contributed by atoms with E-state index in [1.165, 1.54) is 44.5 Å². The predicted octanol–water partition coefficient (Wildman–Crippen LogP) is 11.9. The highest BCUT2D eigenvalue weighted by molar-refractivity contribution is 5.98. The molecule has 0 unspecified atom stereocenters. The zero-order valence-electron chi connectivity index (χ0n) is 28.7. The van der Waals surface area contributed by atoms with Crippen LogP contribution in [0.4, 0.5) is 0 Å². The molecule has 1 aromatic heterocycles. The first-order valence-corrected chi connectivity index (χ1v) is 17.9. The van der Waals surface area contributed by atoms with Crippen LogP contribution >= 0.6 is 0 Å². The number of hydrogen-bond donors (Lipinski definition) is 0. The van der Waals surface area contributed by atoms with Gasteiger partial charge in [0.1, 0.15) is 0 Å². The monoisotopic (exact) mass is 653 g/mol. The SMILES string of the molecule is CC1(C)c2ccccc2-c2cccc(-c3cccc4c3CCC=C4c3nc(-c4cccc5ccccc45)nc(-c4cccc5ccccc45)n3)c21. The van der Waals surface area contributed by atoms with Gasteiger partial charge in [0.25, 0.3) is 0 Å². The predicted molar refractivity (Wildman–Crippen MR) is 211 cm³/mol. The van der Waals surface area contributed by atoms with E-state index in [-0.39, 0.29) is 5.41 Å². The molecule has 0 spiro atoms. The van der Waals surface area contributed by atoms with Crippen molar-refractivity contribution in [2.24, 2.45) is 0 Å². The Morgan fingerprint density at radius 2 is 0.902 bits per heavy atom. The molecule has 1 heterocycles. The van der Waals surface area contributed by atoms with Gasteiger partial charge in [-0.05, 0) is 78.9 Å². The average Bonchev–Trinajstić information content (AvgIpc) is 3.43. The molecular formula is C48H35N3. The fraction of sp³-hybridized carbons (Fsp3) is 0.104. The van der Waals surface area contributed by atoms with Crippen molar-refractivity contribution in [1.29, 1.82) is 0 Å². The van der Waals surface area contributed by atoms with E-state index in [1.54, 1.807) is 0 Å². The zero-order valence-corrected chi connectivity index (χ0v) is 28.7. The van der Waals surface area contributed by atoms with Crippen molar-refractivity contribution < 1.29 is 0 Å².